The van der Waals surface area contributed by atoms with Gasteiger partial charge in [0.2, 0.25) is 0 Å². The number of rotatable bonds is 10. The number of carbonyl (C=O) groups is 2. The first-order chi connectivity index (χ1) is 18.4. The van der Waals surface area contributed by atoms with Crippen molar-refractivity contribution in [2.75, 3.05) is 18.6 Å². The molecule has 1 saturated carbocycles. The van der Waals surface area contributed by atoms with Crippen LogP contribution < -0.4 is 15.4 Å². The van der Waals surface area contributed by atoms with Crippen LogP contribution in [0.25, 0.3) is 5.70 Å². The Kier molecular flexibility index (Phi) is 7.60. The summed E-state index contributed by atoms with van der Waals surface area (Å²) >= 11 is 0. The Hall–Kier alpha value is -3.53. The lowest BCUT2D eigenvalue weighted by molar-refractivity contribution is -0.117. The van der Waals surface area contributed by atoms with Gasteiger partial charge >= 0.3 is 12.6 Å². The van der Waals surface area contributed by atoms with Crippen LogP contribution in [0.2, 0.25) is 0 Å². The molecule has 3 atom stereocenters. The van der Waals surface area contributed by atoms with Crippen molar-refractivity contribution in [3.63, 3.8) is 0 Å². The summed E-state index contributed by atoms with van der Waals surface area (Å²) in [6.07, 6.45) is 4.87. The molecule has 1 aromatic carbocycles. The maximum absolute atomic E-state index is 13.2. The van der Waals surface area contributed by atoms with Crippen LogP contribution in [0.15, 0.2) is 48.0 Å². The van der Waals surface area contributed by atoms with Crippen molar-refractivity contribution in [3.05, 3.63) is 59.3 Å². The molecule has 2 aromatic rings. The Balaban J connectivity index is 1.32. The van der Waals surface area contributed by atoms with Crippen LogP contribution in [0.5, 0.6) is 5.75 Å². The summed E-state index contributed by atoms with van der Waals surface area (Å²) in [5.74, 6) is -0.0207. The van der Waals surface area contributed by atoms with Crippen LogP contribution in [0, 0.1) is 5.92 Å². The highest BCUT2D eigenvalue weighted by Gasteiger charge is 2.42. The monoisotopic (exact) mass is 527 g/mol. The molecular weight excluding hydrogens is 496 g/mol. The zero-order valence-electron chi connectivity index (χ0n) is 21.1. The molecule has 38 heavy (non-hydrogen) atoms. The van der Waals surface area contributed by atoms with Gasteiger partial charge < -0.3 is 24.8 Å². The van der Waals surface area contributed by atoms with E-state index in [4.69, 9.17) is 15.2 Å². The molecule has 5 rings (SSSR count). The lowest BCUT2D eigenvalue weighted by atomic mass is 9.98. The fourth-order valence-electron chi connectivity index (χ4n) is 5.55. The SMILES string of the molecule is COC(=O)c1cccc(N2C3CC[C@H]2CC(OCC(C(=O)C2CC2)=C(N)c2ccccc2OC(F)F)C3)n1. The Morgan fingerprint density at radius 1 is 1.05 bits per heavy atom. The van der Waals surface area contributed by atoms with Crippen molar-refractivity contribution >= 4 is 23.3 Å². The van der Waals surface area contributed by atoms with Gasteiger partial charge in [-0.2, -0.15) is 8.78 Å². The topological polar surface area (TPSA) is 104 Å². The van der Waals surface area contributed by atoms with Crippen LogP contribution in [0.3, 0.4) is 0 Å². The lowest BCUT2D eigenvalue weighted by Gasteiger charge is -2.39. The van der Waals surface area contributed by atoms with Gasteiger partial charge in [-0.3, -0.25) is 4.79 Å². The molecular formula is C28H31F2N3O5. The van der Waals surface area contributed by atoms with E-state index < -0.39 is 12.6 Å². The molecule has 0 radical (unpaired) electrons. The first kappa shape index (κ1) is 26.1. The first-order valence-electron chi connectivity index (χ1n) is 12.9. The van der Waals surface area contributed by atoms with E-state index in [1.165, 1.54) is 13.2 Å². The second kappa shape index (κ2) is 11.1. The van der Waals surface area contributed by atoms with Crippen molar-refractivity contribution in [2.24, 2.45) is 11.7 Å². The van der Waals surface area contributed by atoms with Crippen LogP contribution in [0.4, 0.5) is 14.6 Å². The van der Waals surface area contributed by atoms with Gasteiger partial charge in [0.1, 0.15) is 11.6 Å². The van der Waals surface area contributed by atoms with E-state index in [9.17, 15) is 18.4 Å². The fourth-order valence-corrected chi connectivity index (χ4v) is 5.55. The molecule has 2 saturated heterocycles. The number of fused-ring (bicyclic) bond motifs is 2. The van der Waals surface area contributed by atoms with Gasteiger partial charge in [-0.15, -0.1) is 0 Å². The molecule has 10 heteroatoms. The minimum absolute atomic E-state index is 0.00433. The van der Waals surface area contributed by atoms with Crippen LogP contribution in [-0.2, 0) is 14.3 Å². The molecule has 2 N–H and O–H groups in total. The van der Waals surface area contributed by atoms with Crippen LogP contribution in [-0.4, -0.2) is 55.3 Å². The number of aromatic nitrogens is 1. The summed E-state index contributed by atoms with van der Waals surface area (Å²) in [6.45, 7) is -3.00. The molecule has 0 amide bonds. The summed E-state index contributed by atoms with van der Waals surface area (Å²) in [4.78, 5) is 31.9. The number of anilines is 1. The maximum atomic E-state index is 13.2. The molecule has 2 unspecified atom stereocenters. The van der Waals surface area contributed by atoms with Crippen molar-refractivity contribution in [3.8, 4) is 5.75 Å². The zero-order valence-corrected chi connectivity index (χ0v) is 21.1. The number of Topliss-reactive ketones (excluding diaryl/α,β-unsaturated/α-hetero) is 1. The van der Waals surface area contributed by atoms with Crippen molar-refractivity contribution in [1.82, 2.24) is 4.98 Å². The summed E-state index contributed by atoms with van der Waals surface area (Å²) in [5.41, 5.74) is 7.35. The maximum Gasteiger partial charge on any atom is 0.387 e. The number of para-hydroxylation sites is 1. The number of alkyl halides is 2. The molecule has 0 spiro atoms. The van der Waals surface area contributed by atoms with E-state index in [1.807, 2.05) is 6.07 Å². The van der Waals surface area contributed by atoms with E-state index in [1.54, 1.807) is 30.3 Å². The standard InChI is InChI=1S/C28H31F2N3O5/c1-36-27(35)22-6-4-8-24(32-22)33-17-11-12-18(33)14-19(13-17)37-15-21(26(34)16-9-10-16)25(31)20-5-2-3-7-23(20)38-28(29)30/h2-8,16-19,28H,9-15,31H2,1H3/t17-,18?,19?/m0/s1. The molecule has 1 aliphatic carbocycles. The minimum Gasteiger partial charge on any atom is -0.464 e. The van der Waals surface area contributed by atoms with Gasteiger partial charge in [0.05, 0.1) is 25.5 Å². The molecule has 3 fully saturated rings. The zero-order chi connectivity index (χ0) is 26.8. The number of esters is 1. The second-order valence-electron chi connectivity index (χ2n) is 9.97. The number of piperidine rings is 1. The predicted octanol–water partition coefficient (Wildman–Crippen LogP) is 4.34. The largest absolute Gasteiger partial charge is 0.464 e. The van der Waals surface area contributed by atoms with Gasteiger partial charge in [0.25, 0.3) is 0 Å². The number of ether oxygens (including phenoxy) is 3. The molecule has 3 heterocycles. The molecule has 202 valence electrons. The fraction of sp³-hybridized carbons (Fsp3) is 0.464. The van der Waals surface area contributed by atoms with E-state index in [0.717, 1.165) is 44.3 Å². The predicted molar refractivity (Wildman–Crippen MR) is 136 cm³/mol. The Morgan fingerprint density at radius 3 is 2.42 bits per heavy atom. The molecule has 3 aliphatic rings. The quantitative estimate of drug-likeness (QED) is 0.360. The first-order valence-corrected chi connectivity index (χ1v) is 12.9. The Morgan fingerprint density at radius 2 is 1.76 bits per heavy atom. The van der Waals surface area contributed by atoms with E-state index in [2.05, 4.69) is 14.6 Å². The molecule has 8 nitrogen and oxygen atoms in total. The third kappa shape index (κ3) is 5.50. The van der Waals surface area contributed by atoms with Gasteiger partial charge in [0, 0.05) is 29.1 Å². The van der Waals surface area contributed by atoms with Gasteiger partial charge in [-0.05, 0) is 62.8 Å². The summed E-state index contributed by atoms with van der Waals surface area (Å²) in [6, 6.07) is 11.9. The highest BCUT2D eigenvalue weighted by atomic mass is 19.3. The highest BCUT2D eigenvalue weighted by molar-refractivity contribution is 6.05. The number of nitrogens with two attached hydrogens (primary N) is 1. The van der Waals surface area contributed by atoms with Crippen molar-refractivity contribution < 1.29 is 32.6 Å². The van der Waals surface area contributed by atoms with Gasteiger partial charge in [-0.25, -0.2) is 9.78 Å². The average Bonchev–Trinajstić information content (AvgIpc) is 3.73. The van der Waals surface area contributed by atoms with E-state index in [-0.39, 0.29) is 59.2 Å². The average molecular weight is 528 g/mol. The van der Waals surface area contributed by atoms with E-state index in [0.29, 0.717) is 5.57 Å². The molecule has 1 aromatic heterocycles. The van der Waals surface area contributed by atoms with E-state index >= 15 is 0 Å². The number of pyridine rings is 1. The number of carbonyl (C=O) groups excluding carboxylic acids is 2. The Bertz CT molecular complexity index is 1220. The van der Waals surface area contributed by atoms with Gasteiger partial charge in [-0.1, -0.05) is 18.2 Å². The number of hydrogen-bond acceptors (Lipinski definition) is 8. The van der Waals surface area contributed by atoms with Crippen LogP contribution >= 0.6 is 0 Å². The van der Waals surface area contributed by atoms with Crippen molar-refractivity contribution in [1.29, 1.82) is 0 Å². The normalized spacial score (nSPS) is 23.3. The number of nitrogens with zero attached hydrogens (tertiary/aromatic N) is 2. The number of benzene rings is 1. The highest BCUT2D eigenvalue weighted by Crippen LogP contribution is 2.40. The Labute approximate surface area is 219 Å². The summed E-state index contributed by atoms with van der Waals surface area (Å²) < 4.78 is 41.7. The summed E-state index contributed by atoms with van der Waals surface area (Å²) in [7, 11) is 1.33. The number of hydrogen-bond donors (Lipinski definition) is 1. The van der Waals surface area contributed by atoms with Gasteiger partial charge in [0.15, 0.2) is 11.5 Å². The third-order valence-electron chi connectivity index (χ3n) is 7.51. The smallest absolute Gasteiger partial charge is 0.387 e. The third-order valence-corrected chi connectivity index (χ3v) is 7.51. The molecule has 2 aliphatic heterocycles. The molecule has 2 bridgehead atoms. The number of methoxy groups -OCH3 is 1. The second-order valence-corrected chi connectivity index (χ2v) is 9.97. The van der Waals surface area contributed by atoms with Crippen LogP contribution in [0.1, 0.15) is 54.6 Å². The lowest BCUT2D eigenvalue weighted by Crippen LogP contribution is -2.46. The summed E-state index contributed by atoms with van der Waals surface area (Å²) in [5, 5.41) is 0. The minimum atomic E-state index is -3.01. The number of ketones is 1. The van der Waals surface area contributed by atoms with Crippen molar-refractivity contribution in [2.45, 2.75) is 63.3 Å². The number of halogens is 2.